The van der Waals surface area contributed by atoms with Crippen molar-refractivity contribution < 1.29 is 2.74 Å². The maximum atomic E-state index is 6.92. The van der Waals surface area contributed by atoms with Gasteiger partial charge in [-0.15, -0.1) is 0 Å². The zero-order chi connectivity index (χ0) is 6.15. The van der Waals surface area contributed by atoms with Crippen LogP contribution >= 0.6 is 0 Å². The molecule has 1 heterocycles. The molecule has 0 fully saturated rings. The summed E-state index contributed by atoms with van der Waals surface area (Å²) in [7, 11) is 0. The van der Waals surface area contributed by atoms with Gasteiger partial charge in [0.15, 0.2) is 0 Å². The molecule has 0 aliphatic carbocycles. The lowest BCUT2D eigenvalue weighted by Crippen LogP contribution is -1.81. The molecule has 3 heteroatoms. The molecule has 0 aliphatic heterocycles. The summed E-state index contributed by atoms with van der Waals surface area (Å²) in [5, 5.41) is 5.63. The van der Waals surface area contributed by atoms with Gasteiger partial charge in [0.05, 0.1) is 2.74 Å². The summed E-state index contributed by atoms with van der Waals surface area (Å²) in [5.74, 6) is 0.0787. The Morgan fingerprint density at radius 1 is 2.17 bits per heavy atom. The van der Waals surface area contributed by atoms with E-state index in [9.17, 15) is 0 Å². The summed E-state index contributed by atoms with van der Waals surface area (Å²) < 4.78 is 13.8. The van der Waals surface area contributed by atoms with Gasteiger partial charge in [0, 0.05) is 6.17 Å². The first kappa shape index (κ1) is 1.64. The minimum absolute atomic E-state index is 0.0370. The van der Waals surface area contributed by atoms with Gasteiger partial charge in [0.1, 0.15) is 5.82 Å². The minimum atomic E-state index is -0.0394. The number of hydrogen-bond donors (Lipinski definition) is 2. The molecule has 1 aromatic heterocycles. The molecule has 0 bridgehead atoms. The Hall–Kier alpha value is -0.990. The molecule has 0 amide bonds. The first-order valence-corrected chi connectivity index (χ1v) is 1.49. The topological polar surface area (TPSA) is 54.7 Å². The smallest absolute Gasteiger partial charge is 0.145 e. The third-order valence-electron chi connectivity index (χ3n) is 0.423. The van der Waals surface area contributed by atoms with E-state index in [0.717, 1.165) is 0 Å². The van der Waals surface area contributed by atoms with Crippen molar-refractivity contribution in [1.29, 1.82) is 0 Å². The lowest BCUT2D eigenvalue weighted by molar-refractivity contribution is 1.10. The molecule has 3 nitrogen and oxygen atoms in total. The molecule has 6 heavy (non-hydrogen) atoms. The lowest BCUT2D eigenvalue weighted by Gasteiger charge is -1.67. The highest BCUT2D eigenvalue weighted by atomic mass is 15.1. The van der Waals surface area contributed by atoms with Crippen LogP contribution < -0.4 is 5.73 Å². The number of aromatic nitrogens is 2. The first-order valence-electron chi connectivity index (χ1n) is 2.49. The molecule has 0 atom stereocenters. The van der Waals surface area contributed by atoms with Gasteiger partial charge in [-0.3, -0.25) is 5.10 Å². The van der Waals surface area contributed by atoms with Crippen LogP contribution in [-0.4, -0.2) is 10.2 Å². The average Bonchev–Trinajstić information content (AvgIpc) is 1.98. The Kier molecular flexibility index (Phi) is 0.275. The van der Waals surface area contributed by atoms with Gasteiger partial charge in [-0.05, 0) is 6.04 Å². The number of rotatable bonds is 0. The molecule has 1 aromatic rings. The van der Waals surface area contributed by atoms with Gasteiger partial charge in [-0.25, -0.2) is 0 Å². The van der Waals surface area contributed by atoms with Crippen LogP contribution in [0.5, 0.6) is 0 Å². The Balaban J connectivity index is 3.19. The Labute approximate surface area is 38.0 Å². The molecule has 1 rings (SSSR count). The molecule has 0 aliphatic rings. The van der Waals surface area contributed by atoms with E-state index in [-0.39, 0.29) is 18.0 Å². The van der Waals surface area contributed by atoms with E-state index in [4.69, 9.17) is 8.48 Å². The van der Waals surface area contributed by atoms with Crippen molar-refractivity contribution in [2.24, 2.45) is 0 Å². The van der Waals surface area contributed by atoms with Crippen LogP contribution in [0.4, 0.5) is 5.82 Å². The van der Waals surface area contributed by atoms with E-state index < -0.39 is 0 Å². The third kappa shape index (κ3) is 0.337. The van der Waals surface area contributed by atoms with Crippen molar-refractivity contribution in [2.75, 3.05) is 5.73 Å². The molecule has 0 unspecified atom stereocenters. The van der Waals surface area contributed by atoms with Crippen LogP contribution in [0.15, 0.2) is 12.2 Å². The summed E-state index contributed by atoms with van der Waals surface area (Å²) in [6, 6.07) is -0.0370. The van der Waals surface area contributed by atoms with E-state index in [1.807, 2.05) is 0 Å². The summed E-state index contributed by atoms with van der Waals surface area (Å²) in [5.41, 5.74) is 5.09. The lowest BCUT2D eigenvalue weighted by atomic mass is 10.7. The van der Waals surface area contributed by atoms with E-state index in [1.54, 1.807) is 0 Å². The summed E-state index contributed by atoms with van der Waals surface area (Å²) in [6.45, 7) is 0. The van der Waals surface area contributed by atoms with Crippen LogP contribution in [0.3, 0.4) is 0 Å². The summed E-state index contributed by atoms with van der Waals surface area (Å²) >= 11 is 0. The predicted octanol–water partition coefficient (Wildman–Crippen LogP) is -0.00810. The molecule has 3 N–H and O–H groups in total. The Morgan fingerprint density at radius 2 is 3.00 bits per heavy atom. The van der Waals surface area contributed by atoms with Crippen LogP contribution in [0.1, 0.15) is 2.74 Å². The van der Waals surface area contributed by atoms with Crippen molar-refractivity contribution in [1.82, 2.24) is 10.2 Å². The maximum Gasteiger partial charge on any atom is 0.145 e. The molecular weight excluding hydrogens is 78.1 g/mol. The van der Waals surface area contributed by atoms with Crippen LogP contribution in [0.2, 0.25) is 0 Å². The molecule has 0 saturated heterocycles. The number of H-pyrrole nitrogens is 1. The number of nitrogens with one attached hydrogen (secondary N) is 1. The van der Waals surface area contributed by atoms with E-state index in [1.165, 1.54) is 0 Å². The van der Waals surface area contributed by atoms with E-state index >= 15 is 0 Å². The molecule has 0 radical (unpaired) electrons. The standard InChI is InChI=1S/C3H5N3/c4-3-1-2-5-6-3/h1-2H,(H3,4,5,6)/i1D,2D. The predicted molar refractivity (Wildman–Crippen MR) is 23.0 cm³/mol. The first-order chi connectivity index (χ1) is 3.72. The van der Waals surface area contributed by atoms with Crippen molar-refractivity contribution >= 4 is 5.82 Å². The monoisotopic (exact) mass is 85.1 g/mol. The normalized spacial score (nSPS) is 13.3. The second-order valence-electron chi connectivity index (χ2n) is 0.859. The Bertz CT molecular complexity index is 175. The molecular formula is C3H5N3. The fourth-order valence-corrected chi connectivity index (χ4v) is 0.208. The summed E-state index contributed by atoms with van der Waals surface area (Å²) in [4.78, 5) is 0. The van der Waals surface area contributed by atoms with Crippen LogP contribution in [0, 0.1) is 0 Å². The zero-order valence-corrected chi connectivity index (χ0v) is 3.02. The fourth-order valence-electron chi connectivity index (χ4n) is 0.208. The second kappa shape index (κ2) is 1.01. The van der Waals surface area contributed by atoms with Crippen molar-refractivity contribution in [3.63, 3.8) is 0 Å². The zero-order valence-electron chi connectivity index (χ0n) is 5.02. The van der Waals surface area contributed by atoms with E-state index in [2.05, 4.69) is 10.2 Å². The average molecular weight is 85.1 g/mol. The van der Waals surface area contributed by atoms with Gasteiger partial charge in [-0.1, -0.05) is 0 Å². The van der Waals surface area contributed by atoms with E-state index in [0.29, 0.717) is 0 Å². The highest BCUT2D eigenvalue weighted by Gasteiger charge is 1.75. The third-order valence-corrected chi connectivity index (χ3v) is 0.423. The highest BCUT2D eigenvalue weighted by Crippen LogP contribution is 1.86. The highest BCUT2D eigenvalue weighted by molar-refractivity contribution is 5.22. The van der Waals surface area contributed by atoms with Crippen LogP contribution in [-0.2, 0) is 0 Å². The molecule has 0 spiro atoms. The van der Waals surface area contributed by atoms with Crippen molar-refractivity contribution in [3.8, 4) is 0 Å². The molecule has 0 aromatic carbocycles. The Morgan fingerprint density at radius 3 is 3.17 bits per heavy atom. The summed E-state index contributed by atoms with van der Waals surface area (Å²) in [6.07, 6.45) is -0.0394. The molecule has 32 valence electrons. The van der Waals surface area contributed by atoms with Crippen molar-refractivity contribution in [3.05, 3.63) is 12.2 Å². The quantitative estimate of drug-likeness (QED) is 0.465. The second-order valence-corrected chi connectivity index (χ2v) is 0.859. The van der Waals surface area contributed by atoms with Gasteiger partial charge in [0.25, 0.3) is 0 Å². The SMILES string of the molecule is [2H]c1[nH]nc(N)c1[2H]. The number of hydrogen-bond acceptors (Lipinski definition) is 2. The number of nitrogens with two attached hydrogens (primary N) is 1. The number of nitrogen functional groups attached to an aromatic ring is 1. The van der Waals surface area contributed by atoms with Crippen LogP contribution in [0.25, 0.3) is 0 Å². The minimum Gasteiger partial charge on any atom is -0.382 e. The number of nitrogens with zero attached hydrogens (tertiary/aromatic N) is 1. The fraction of sp³-hybridized carbons (Fsp3) is 0. The van der Waals surface area contributed by atoms with Crippen molar-refractivity contribution in [2.45, 2.75) is 0 Å². The largest absolute Gasteiger partial charge is 0.382 e. The van der Waals surface area contributed by atoms with Gasteiger partial charge in [0.2, 0.25) is 0 Å². The number of aromatic amines is 1. The number of anilines is 1. The van der Waals surface area contributed by atoms with Gasteiger partial charge < -0.3 is 5.73 Å². The maximum absolute atomic E-state index is 6.92. The van der Waals surface area contributed by atoms with Gasteiger partial charge in [-0.2, -0.15) is 5.10 Å². The van der Waals surface area contributed by atoms with Gasteiger partial charge >= 0.3 is 0 Å². The molecule has 0 saturated carbocycles.